The molecule has 0 fully saturated rings. The van der Waals surface area contributed by atoms with E-state index >= 15 is 0 Å². The summed E-state index contributed by atoms with van der Waals surface area (Å²) in [5, 5.41) is 45.5. The molecule has 0 spiro atoms. The van der Waals surface area contributed by atoms with E-state index in [1.165, 1.54) is 19.1 Å². The molecule has 0 aliphatic rings. The zero-order chi connectivity index (χ0) is 43.2. The van der Waals surface area contributed by atoms with Gasteiger partial charge in [-0.25, -0.2) is 8.78 Å². The summed E-state index contributed by atoms with van der Waals surface area (Å²) in [6.07, 6.45) is 0. The molecule has 4 rings (SSSR count). The van der Waals surface area contributed by atoms with Crippen LogP contribution in [-0.4, -0.2) is 61.5 Å². The molecule has 0 amide bonds. The Balaban J connectivity index is 0.000000375. The van der Waals surface area contributed by atoms with Gasteiger partial charge < -0.3 is 42.7 Å². The van der Waals surface area contributed by atoms with Crippen LogP contribution in [0.4, 0.5) is 8.78 Å². The molecule has 6 atom stereocenters. The van der Waals surface area contributed by atoms with E-state index < -0.39 is 36.2 Å². The average Bonchev–Trinajstić information content (AvgIpc) is 3.14. The number of aromatic hydroxyl groups is 4. The Labute approximate surface area is 332 Å². The third kappa shape index (κ3) is 15.1. The maximum absolute atomic E-state index is 12.9. The Hall–Kier alpha value is -4.71. The van der Waals surface area contributed by atoms with E-state index in [-0.39, 0.29) is 40.3 Å². The van der Waals surface area contributed by atoms with Crippen molar-refractivity contribution in [3.8, 4) is 23.0 Å². The molecule has 0 unspecified atom stereocenters. The quantitative estimate of drug-likeness (QED) is 0.0732. The third-order valence-corrected chi connectivity index (χ3v) is 10.8. The predicted molar refractivity (Wildman–Crippen MR) is 223 cm³/mol. The van der Waals surface area contributed by atoms with Gasteiger partial charge in [0.05, 0.1) is 5.41 Å². The minimum atomic E-state index is -1.43. The maximum atomic E-state index is 12.9. The molecule has 0 bridgehead atoms. The molecule has 9 nitrogen and oxygen atoms in total. The molecule has 0 saturated carbocycles. The Bertz CT molecular complexity index is 1680. The summed E-state index contributed by atoms with van der Waals surface area (Å²) in [7, 11) is 0. The van der Waals surface area contributed by atoms with E-state index in [0.29, 0.717) is 17.1 Å². The highest BCUT2D eigenvalue weighted by molar-refractivity contribution is 5.75. The van der Waals surface area contributed by atoms with Crippen molar-refractivity contribution in [2.24, 2.45) is 22.6 Å². The van der Waals surface area contributed by atoms with Crippen molar-refractivity contribution in [2.75, 3.05) is 13.3 Å². The molecule has 0 radical (unpaired) electrons. The van der Waals surface area contributed by atoms with Crippen LogP contribution >= 0.6 is 0 Å². The molecule has 11 heteroatoms. The van der Waals surface area contributed by atoms with Gasteiger partial charge in [0, 0.05) is 22.5 Å². The zero-order valence-corrected chi connectivity index (χ0v) is 34.6. The number of phenols is 4. The van der Waals surface area contributed by atoms with Gasteiger partial charge in [-0.05, 0) is 130 Å². The molecule has 0 aliphatic carbocycles. The monoisotopic (exact) mass is 781 g/mol. The lowest BCUT2D eigenvalue weighted by atomic mass is 9.75. The number of carboxylic acids is 1. The number of carbonyl (C=O) groups is 1. The molecule has 0 aliphatic heterocycles. The topological polar surface area (TPSA) is 196 Å². The van der Waals surface area contributed by atoms with E-state index in [0.717, 1.165) is 16.7 Å². The van der Waals surface area contributed by atoms with Crippen molar-refractivity contribution in [2.45, 2.75) is 110 Å². The van der Waals surface area contributed by atoms with E-state index in [9.17, 15) is 13.6 Å². The third-order valence-electron chi connectivity index (χ3n) is 10.8. The molecule has 310 valence electrons. The summed E-state index contributed by atoms with van der Waals surface area (Å²) >= 11 is 0. The molecule has 0 saturated heterocycles. The summed E-state index contributed by atoms with van der Waals surface area (Å²) in [6.45, 7) is 17.3. The van der Waals surface area contributed by atoms with Gasteiger partial charge in [-0.15, -0.1) is 0 Å². The van der Waals surface area contributed by atoms with Gasteiger partial charge in [-0.1, -0.05) is 76.2 Å². The van der Waals surface area contributed by atoms with E-state index in [1.54, 1.807) is 74.5 Å². The van der Waals surface area contributed by atoms with Crippen LogP contribution in [-0.2, 0) is 4.79 Å². The lowest BCUT2D eigenvalue weighted by Gasteiger charge is -2.28. The molecule has 0 aromatic heterocycles. The van der Waals surface area contributed by atoms with Crippen molar-refractivity contribution in [3.63, 3.8) is 0 Å². The van der Waals surface area contributed by atoms with Gasteiger partial charge in [0.2, 0.25) is 0 Å². The first-order valence-electron chi connectivity index (χ1n) is 18.6. The van der Waals surface area contributed by atoms with E-state index in [4.69, 9.17) is 42.7 Å². The average molecular weight is 782 g/mol. The fraction of sp³-hybridized carbons (Fsp3) is 0.444. The molecule has 56 heavy (non-hydrogen) atoms. The number of halogens is 2. The molecule has 4 aromatic carbocycles. The number of hydrogen-bond acceptors (Lipinski definition) is 8. The fourth-order valence-electron chi connectivity index (χ4n) is 5.13. The lowest BCUT2D eigenvalue weighted by Crippen LogP contribution is -2.43. The second kappa shape index (κ2) is 21.0. The normalized spacial score (nSPS) is 15.6. The van der Waals surface area contributed by atoms with Crippen molar-refractivity contribution >= 4 is 5.97 Å². The summed E-state index contributed by atoms with van der Waals surface area (Å²) in [6, 6.07) is 27.3. The largest absolute Gasteiger partial charge is 0.508 e. The summed E-state index contributed by atoms with van der Waals surface area (Å²) in [5.74, 6) is -0.217. The van der Waals surface area contributed by atoms with Crippen LogP contribution < -0.4 is 17.2 Å². The number of hydrogen-bond donors (Lipinski definition) is 8. The van der Waals surface area contributed by atoms with Crippen molar-refractivity contribution < 1.29 is 39.1 Å². The molecule has 4 aromatic rings. The van der Waals surface area contributed by atoms with Crippen molar-refractivity contribution in [1.29, 1.82) is 0 Å². The highest BCUT2D eigenvalue weighted by atomic mass is 19.1. The van der Waals surface area contributed by atoms with E-state index in [1.807, 2.05) is 58.9 Å². The van der Waals surface area contributed by atoms with Crippen LogP contribution in [0.3, 0.4) is 0 Å². The summed E-state index contributed by atoms with van der Waals surface area (Å²) in [5.41, 5.74) is 19.0. The number of carboxylic acid groups (broad SMARTS) is 1. The highest BCUT2D eigenvalue weighted by Crippen LogP contribution is 2.37. The second-order valence-corrected chi connectivity index (χ2v) is 16.4. The first kappa shape index (κ1) is 49.3. The first-order valence-corrected chi connectivity index (χ1v) is 18.6. The van der Waals surface area contributed by atoms with E-state index in [2.05, 4.69) is 13.8 Å². The maximum Gasteiger partial charge on any atom is 0.312 e. The molecular weight excluding hydrogens is 717 g/mol. The van der Waals surface area contributed by atoms with Crippen molar-refractivity contribution in [3.05, 3.63) is 119 Å². The minimum Gasteiger partial charge on any atom is -0.508 e. The lowest BCUT2D eigenvalue weighted by molar-refractivity contribution is -0.150. The van der Waals surface area contributed by atoms with Gasteiger partial charge >= 0.3 is 5.97 Å². The number of nitrogens with two attached hydrogens (primary N) is 3. The Morgan fingerprint density at radius 3 is 0.911 bits per heavy atom. The van der Waals surface area contributed by atoms with Crippen LogP contribution in [0, 0.1) is 5.41 Å². The SMILES string of the molecule is C[C@H](c1ccc(O)cc1)C(C)(C)N.C[C@H](c1ccc(O)cc1)C(C)(C)N.C[C@H](c1ccc(O)cc1)[C@@](C)(N)CF.C[C@H](c1ccc(O)cc1)[C@](C)(CF)C(=O)O. The smallest absolute Gasteiger partial charge is 0.312 e. The Kier molecular flexibility index (Phi) is 18.5. The van der Waals surface area contributed by atoms with Gasteiger partial charge in [-0.2, -0.15) is 0 Å². The Morgan fingerprint density at radius 1 is 0.482 bits per heavy atom. The molecule has 11 N–H and O–H groups in total. The Morgan fingerprint density at radius 2 is 0.714 bits per heavy atom. The zero-order valence-electron chi connectivity index (χ0n) is 34.6. The predicted octanol–water partition coefficient (Wildman–Crippen LogP) is 9.20. The molecular formula is C45H65F2N3O6. The van der Waals surface area contributed by atoms with Crippen molar-refractivity contribution in [1.82, 2.24) is 0 Å². The number of aliphatic carboxylic acids is 1. The fourth-order valence-corrected chi connectivity index (χ4v) is 5.13. The number of benzene rings is 4. The van der Waals surface area contributed by atoms with Crippen LogP contribution in [0.15, 0.2) is 97.1 Å². The summed E-state index contributed by atoms with van der Waals surface area (Å²) < 4.78 is 25.5. The van der Waals surface area contributed by atoms with Crippen LogP contribution in [0.1, 0.15) is 115 Å². The molecule has 0 heterocycles. The van der Waals surface area contributed by atoms with Crippen LogP contribution in [0.5, 0.6) is 23.0 Å². The van der Waals surface area contributed by atoms with Crippen LogP contribution in [0.25, 0.3) is 0 Å². The van der Waals surface area contributed by atoms with Gasteiger partial charge in [-0.3, -0.25) is 4.79 Å². The van der Waals surface area contributed by atoms with Gasteiger partial charge in [0.1, 0.15) is 36.3 Å². The van der Waals surface area contributed by atoms with Crippen LogP contribution in [0.2, 0.25) is 0 Å². The number of rotatable bonds is 11. The first-order chi connectivity index (χ1) is 25.7. The van der Waals surface area contributed by atoms with Gasteiger partial charge in [0.15, 0.2) is 0 Å². The minimum absolute atomic E-state index is 0.0758. The number of phenolic OH excluding ortho intramolecular Hbond substituents is 4. The highest BCUT2D eigenvalue weighted by Gasteiger charge is 2.40. The standard InChI is InChI=1S/C12H15FO3.C11H16FNO.2C11H17NO/c1-8(12(2,7-13)11(15)16)9-3-5-10(14)6-4-9;1-8(11(2,13)7-12)9-3-5-10(14)6-4-9;2*1-8(11(2,3)12)9-4-6-10(13)7-5-9/h3-6,8,14H,7H2,1-2H3,(H,15,16);3-6,8,14H,7,13H2,1-2H3;2*4-8,13H,12H2,1-3H3/t8-,12+;8-,11+;2*8-/m1111/s1. The second-order valence-electron chi connectivity index (χ2n) is 16.4. The van der Waals surface area contributed by atoms with Gasteiger partial charge in [0.25, 0.3) is 0 Å². The summed E-state index contributed by atoms with van der Waals surface area (Å²) in [4.78, 5) is 11.0. The number of alkyl halides is 2.